The molecule has 0 heterocycles. The first-order chi connectivity index (χ1) is 10.8. The van der Waals surface area contributed by atoms with Crippen LogP contribution in [0.3, 0.4) is 0 Å². The van der Waals surface area contributed by atoms with Gasteiger partial charge in [0.2, 0.25) is 5.91 Å². The maximum atomic E-state index is 13.7. The van der Waals surface area contributed by atoms with E-state index in [1.165, 1.54) is 19.2 Å². The summed E-state index contributed by atoms with van der Waals surface area (Å²) < 4.78 is 23.2. The van der Waals surface area contributed by atoms with E-state index in [0.717, 1.165) is 6.07 Å². The number of nitrogens with one attached hydrogen (secondary N) is 2. The molecule has 0 saturated carbocycles. The van der Waals surface area contributed by atoms with Gasteiger partial charge in [0.15, 0.2) is 6.61 Å². The summed E-state index contributed by atoms with van der Waals surface area (Å²) in [7, 11) is 1.37. The predicted octanol–water partition coefficient (Wildman–Crippen LogP) is 0.632. The minimum Gasteiger partial charge on any atom is -0.497 e. The molecule has 0 fully saturated rings. The van der Waals surface area contributed by atoms with Crippen molar-refractivity contribution in [3.8, 4) is 5.75 Å². The van der Waals surface area contributed by atoms with E-state index >= 15 is 0 Å². The zero-order valence-corrected chi connectivity index (χ0v) is 13.1. The number of esters is 1. The number of amides is 2. The molecule has 0 atom stereocenters. The van der Waals surface area contributed by atoms with Gasteiger partial charge in [-0.2, -0.15) is 0 Å². The van der Waals surface area contributed by atoms with Crippen molar-refractivity contribution in [2.24, 2.45) is 0 Å². The molecule has 8 heteroatoms. The number of benzene rings is 1. The molecule has 1 aromatic rings. The van der Waals surface area contributed by atoms with Crippen molar-refractivity contribution in [1.82, 2.24) is 10.6 Å². The zero-order valence-electron chi connectivity index (χ0n) is 13.1. The Bertz CT molecular complexity index is 589. The Morgan fingerprint density at radius 3 is 2.48 bits per heavy atom. The maximum absolute atomic E-state index is 13.7. The Balaban J connectivity index is 2.44. The third kappa shape index (κ3) is 6.33. The summed E-state index contributed by atoms with van der Waals surface area (Å²) in [4.78, 5) is 34.5. The Morgan fingerprint density at radius 2 is 1.91 bits per heavy atom. The first-order valence-electron chi connectivity index (χ1n) is 6.90. The summed E-state index contributed by atoms with van der Waals surface area (Å²) in [6, 6.07) is 3.59. The van der Waals surface area contributed by atoms with Crippen LogP contribution in [0.15, 0.2) is 18.2 Å². The molecule has 23 heavy (non-hydrogen) atoms. The number of hydrogen-bond acceptors (Lipinski definition) is 5. The summed E-state index contributed by atoms with van der Waals surface area (Å²) in [6.07, 6.45) is 0. The van der Waals surface area contributed by atoms with E-state index in [1.807, 2.05) is 0 Å². The van der Waals surface area contributed by atoms with Crippen molar-refractivity contribution >= 4 is 17.8 Å². The standard InChI is InChI=1S/C15H19FN2O5/c1-9(2)18-13(19)7-17-14(20)8-23-15(21)11-5-4-10(22-3)6-12(11)16/h4-6,9H,7-8H2,1-3H3,(H,17,20)(H,18,19). The average Bonchev–Trinajstić information content (AvgIpc) is 2.49. The number of ether oxygens (including phenoxy) is 2. The van der Waals surface area contributed by atoms with Crippen LogP contribution in [0.1, 0.15) is 24.2 Å². The molecule has 0 radical (unpaired) electrons. The molecular formula is C15H19FN2O5. The first kappa shape index (κ1) is 18.4. The van der Waals surface area contributed by atoms with E-state index in [1.54, 1.807) is 13.8 Å². The van der Waals surface area contributed by atoms with Crippen LogP contribution in [0.4, 0.5) is 4.39 Å². The average molecular weight is 326 g/mol. The molecule has 0 saturated heterocycles. The third-order valence-electron chi connectivity index (χ3n) is 2.63. The van der Waals surface area contributed by atoms with Crippen LogP contribution >= 0.6 is 0 Å². The van der Waals surface area contributed by atoms with Crippen molar-refractivity contribution in [3.63, 3.8) is 0 Å². The van der Waals surface area contributed by atoms with E-state index < -0.39 is 24.3 Å². The largest absolute Gasteiger partial charge is 0.497 e. The van der Waals surface area contributed by atoms with Crippen LogP contribution in [0.2, 0.25) is 0 Å². The van der Waals surface area contributed by atoms with Gasteiger partial charge in [0.05, 0.1) is 19.2 Å². The zero-order chi connectivity index (χ0) is 17.4. The Hall–Kier alpha value is -2.64. The lowest BCUT2D eigenvalue weighted by atomic mass is 10.2. The van der Waals surface area contributed by atoms with Crippen LogP contribution in [-0.2, 0) is 14.3 Å². The van der Waals surface area contributed by atoms with Crippen molar-refractivity contribution in [2.75, 3.05) is 20.3 Å². The summed E-state index contributed by atoms with van der Waals surface area (Å²) in [6.45, 7) is 2.72. The molecule has 126 valence electrons. The smallest absolute Gasteiger partial charge is 0.341 e. The van der Waals surface area contributed by atoms with Gasteiger partial charge in [-0.1, -0.05) is 0 Å². The number of carbonyl (C=O) groups excluding carboxylic acids is 3. The van der Waals surface area contributed by atoms with Gasteiger partial charge in [0.1, 0.15) is 11.6 Å². The summed E-state index contributed by atoms with van der Waals surface area (Å²) in [5.41, 5.74) is -0.309. The number of methoxy groups -OCH3 is 1. The van der Waals surface area contributed by atoms with Gasteiger partial charge in [-0.3, -0.25) is 9.59 Å². The second-order valence-electron chi connectivity index (χ2n) is 4.92. The van der Waals surface area contributed by atoms with Crippen molar-refractivity contribution in [3.05, 3.63) is 29.6 Å². The van der Waals surface area contributed by atoms with E-state index in [9.17, 15) is 18.8 Å². The molecule has 1 rings (SSSR count). The molecule has 0 aliphatic heterocycles. The fourth-order valence-electron chi connectivity index (χ4n) is 1.60. The quantitative estimate of drug-likeness (QED) is 0.717. The number of carbonyl (C=O) groups is 3. The second-order valence-corrected chi connectivity index (χ2v) is 4.92. The molecule has 0 aliphatic rings. The fourth-order valence-corrected chi connectivity index (χ4v) is 1.60. The lowest BCUT2D eigenvalue weighted by molar-refractivity contribution is -0.128. The SMILES string of the molecule is COc1ccc(C(=O)OCC(=O)NCC(=O)NC(C)C)c(F)c1. The predicted molar refractivity (Wildman–Crippen MR) is 79.5 cm³/mol. The van der Waals surface area contributed by atoms with Gasteiger partial charge in [0.25, 0.3) is 5.91 Å². The van der Waals surface area contributed by atoms with Gasteiger partial charge in [-0.15, -0.1) is 0 Å². The van der Waals surface area contributed by atoms with Gasteiger partial charge < -0.3 is 20.1 Å². The minimum absolute atomic E-state index is 0.0460. The number of halogens is 1. The molecule has 0 spiro atoms. The van der Waals surface area contributed by atoms with Gasteiger partial charge >= 0.3 is 5.97 Å². The molecule has 1 aromatic carbocycles. The second kappa shape index (κ2) is 8.72. The van der Waals surface area contributed by atoms with Crippen LogP contribution in [0.25, 0.3) is 0 Å². The molecule has 0 bridgehead atoms. The minimum atomic E-state index is -0.980. The maximum Gasteiger partial charge on any atom is 0.341 e. The Labute approximate surface area is 133 Å². The number of rotatable bonds is 7. The molecule has 2 amide bonds. The number of hydrogen-bond donors (Lipinski definition) is 2. The first-order valence-corrected chi connectivity index (χ1v) is 6.90. The molecule has 0 aromatic heterocycles. The van der Waals surface area contributed by atoms with Gasteiger partial charge in [0, 0.05) is 12.1 Å². The topological polar surface area (TPSA) is 93.7 Å². The molecule has 0 aliphatic carbocycles. The molecule has 0 unspecified atom stereocenters. The van der Waals surface area contributed by atoms with E-state index in [-0.39, 0.29) is 29.8 Å². The highest BCUT2D eigenvalue weighted by Crippen LogP contribution is 2.16. The summed E-state index contributed by atoms with van der Waals surface area (Å²) >= 11 is 0. The lowest BCUT2D eigenvalue weighted by Crippen LogP contribution is -2.41. The van der Waals surface area contributed by atoms with Crippen LogP contribution in [-0.4, -0.2) is 44.1 Å². The normalized spacial score (nSPS) is 10.1. The summed E-state index contributed by atoms with van der Waals surface area (Å²) in [5, 5.41) is 4.87. The molecule has 2 N–H and O–H groups in total. The lowest BCUT2D eigenvalue weighted by Gasteiger charge is -2.10. The monoisotopic (exact) mass is 326 g/mol. The van der Waals surface area contributed by atoms with Crippen LogP contribution < -0.4 is 15.4 Å². The van der Waals surface area contributed by atoms with E-state index in [0.29, 0.717) is 0 Å². The Kier molecular flexibility index (Phi) is 6.98. The van der Waals surface area contributed by atoms with Crippen LogP contribution in [0, 0.1) is 5.82 Å². The van der Waals surface area contributed by atoms with Gasteiger partial charge in [-0.25, -0.2) is 9.18 Å². The molecular weight excluding hydrogens is 307 g/mol. The highest BCUT2D eigenvalue weighted by molar-refractivity contribution is 5.92. The molecule has 7 nitrogen and oxygen atoms in total. The Morgan fingerprint density at radius 1 is 1.22 bits per heavy atom. The summed E-state index contributed by atoms with van der Waals surface area (Å²) in [5.74, 6) is -2.56. The van der Waals surface area contributed by atoms with Gasteiger partial charge in [-0.05, 0) is 26.0 Å². The van der Waals surface area contributed by atoms with Crippen LogP contribution in [0.5, 0.6) is 5.75 Å². The van der Waals surface area contributed by atoms with Crippen molar-refractivity contribution < 1.29 is 28.2 Å². The van der Waals surface area contributed by atoms with E-state index in [2.05, 4.69) is 10.6 Å². The van der Waals surface area contributed by atoms with Crippen molar-refractivity contribution in [2.45, 2.75) is 19.9 Å². The third-order valence-corrected chi connectivity index (χ3v) is 2.63. The highest BCUT2D eigenvalue weighted by atomic mass is 19.1. The van der Waals surface area contributed by atoms with E-state index in [4.69, 9.17) is 9.47 Å². The highest BCUT2D eigenvalue weighted by Gasteiger charge is 2.16. The van der Waals surface area contributed by atoms with Crippen molar-refractivity contribution in [1.29, 1.82) is 0 Å². The fraction of sp³-hybridized carbons (Fsp3) is 0.400.